The van der Waals surface area contributed by atoms with Crippen LogP contribution in [-0.2, 0) is 13.5 Å². The maximum atomic E-state index is 13.0. The van der Waals surface area contributed by atoms with Gasteiger partial charge in [-0.15, -0.1) is 0 Å². The van der Waals surface area contributed by atoms with Gasteiger partial charge in [0, 0.05) is 44.8 Å². The summed E-state index contributed by atoms with van der Waals surface area (Å²) in [6.45, 7) is 7.47. The highest BCUT2D eigenvalue weighted by molar-refractivity contribution is 5.95. The number of nitrogens with zero attached hydrogens (tertiary/aromatic N) is 5. The van der Waals surface area contributed by atoms with Gasteiger partial charge >= 0.3 is 0 Å². The Labute approximate surface area is 142 Å². The van der Waals surface area contributed by atoms with Crippen molar-refractivity contribution >= 4 is 5.91 Å². The zero-order valence-corrected chi connectivity index (χ0v) is 14.7. The van der Waals surface area contributed by atoms with Crippen molar-refractivity contribution in [3.8, 4) is 0 Å². The molecule has 0 aliphatic carbocycles. The molecule has 7 nitrogen and oxygen atoms in total. The Hall–Kier alpha value is -2.15. The minimum Gasteiger partial charge on any atom is -0.337 e. The molecule has 1 atom stereocenters. The molecule has 3 rings (SSSR count). The van der Waals surface area contributed by atoms with Crippen LogP contribution in [0.15, 0.2) is 18.6 Å². The summed E-state index contributed by atoms with van der Waals surface area (Å²) in [5, 5.41) is 7.04. The van der Waals surface area contributed by atoms with E-state index in [4.69, 9.17) is 0 Å². The normalized spacial score (nSPS) is 19.0. The van der Waals surface area contributed by atoms with E-state index >= 15 is 0 Å². The third-order valence-corrected chi connectivity index (χ3v) is 4.79. The molecule has 0 bridgehead atoms. The van der Waals surface area contributed by atoms with Crippen LogP contribution in [0.1, 0.15) is 48.2 Å². The molecule has 2 aromatic rings. The number of amides is 1. The zero-order chi connectivity index (χ0) is 17.1. The number of hydrogen-bond donors (Lipinski definition) is 1. The first-order valence-electron chi connectivity index (χ1n) is 8.68. The fraction of sp³-hybridized carbons (Fsp3) is 0.588. The van der Waals surface area contributed by atoms with Gasteiger partial charge in [0.05, 0.1) is 17.8 Å². The Kier molecular flexibility index (Phi) is 4.99. The molecule has 0 saturated carbocycles. The number of carbonyl (C=O) groups excluding carboxylic acids is 1. The number of hydrogen-bond acceptors (Lipinski definition) is 4. The van der Waals surface area contributed by atoms with Crippen LogP contribution >= 0.6 is 0 Å². The predicted molar refractivity (Wildman–Crippen MR) is 91.7 cm³/mol. The van der Waals surface area contributed by atoms with Crippen LogP contribution < -0.4 is 0 Å². The van der Waals surface area contributed by atoms with Crippen molar-refractivity contribution in [1.29, 1.82) is 0 Å². The van der Waals surface area contributed by atoms with Gasteiger partial charge in [0.25, 0.3) is 5.91 Å². The predicted octanol–water partition coefficient (Wildman–Crippen LogP) is 1.61. The standard InChI is InChI=1S/C17H26N6O/c1-4-6-14-13(11-19-20-14)17(24)23-10-9-22(5-2)15(12-23)16-18-7-8-21(16)3/h7-8,11,15H,4-6,9-10,12H2,1-3H3,(H,19,20)/t15-/m1/s1. The molecular formula is C17H26N6O. The Bertz CT molecular complexity index is 691. The Balaban J connectivity index is 1.81. The summed E-state index contributed by atoms with van der Waals surface area (Å²) in [7, 11) is 2.01. The van der Waals surface area contributed by atoms with Gasteiger partial charge < -0.3 is 9.47 Å². The van der Waals surface area contributed by atoms with E-state index < -0.39 is 0 Å². The number of likely N-dealkylation sites (N-methyl/N-ethyl adjacent to an activating group) is 1. The van der Waals surface area contributed by atoms with E-state index in [2.05, 4.69) is 33.9 Å². The van der Waals surface area contributed by atoms with Gasteiger partial charge in [-0.1, -0.05) is 20.3 Å². The molecule has 2 aromatic heterocycles. The molecule has 1 N–H and O–H groups in total. The minimum atomic E-state index is 0.0714. The highest BCUT2D eigenvalue weighted by Crippen LogP contribution is 2.25. The van der Waals surface area contributed by atoms with Crippen molar-refractivity contribution in [3.05, 3.63) is 35.7 Å². The molecular weight excluding hydrogens is 304 g/mol. The molecule has 1 aliphatic rings. The lowest BCUT2D eigenvalue weighted by atomic mass is 10.1. The minimum absolute atomic E-state index is 0.0714. The van der Waals surface area contributed by atoms with Crippen LogP contribution in [-0.4, -0.2) is 61.6 Å². The third-order valence-electron chi connectivity index (χ3n) is 4.79. The molecule has 1 saturated heterocycles. The van der Waals surface area contributed by atoms with Crippen LogP contribution in [0.25, 0.3) is 0 Å². The topological polar surface area (TPSA) is 70.1 Å². The lowest BCUT2D eigenvalue weighted by Gasteiger charge is -2.40. The summed E-state index contributed by atoms with van der Waals surface area (Å²) in [5.41, 5.74) is 1.65. The number of nitrogens with one attached hydrogen (secondary N) is 1. The highest BCUT2D eigenvalue weighted by Gasteiger charge is 2.33. The molecule has 130 valence electrons. The lowest BCUT2D eigenvalue weighted by Crippen LogP contribution is -2.51. The lowest BCUT2D eigenvalue weighted by molar-refractivity contribution is 0.0472. The summed E-state index contributed by atoms with van der Waals surface area (Å²) >= 11 is 0. The number of carbonyl (C=O) groups is 1. The van der Waals surface area contributed by atoms with Crippen molar-refractivity contribution in [1.82, 2.24) is 29.5 Å². The Morgan fingerprint density at radius 2 is 2.21 bits per heavy atom. The van der Waals surface area contributed by atoms with E-state index in [1.165, 1.54) is 0 Å². The largest absolute Gasteiger partial charge is 0.337 e. The van der Waals surface area contributed by atoms with Gasteiger partial charge in [0.1, 0.15) is 5.82 Å². The fourth-order valence-corrected chi connectivity index (χ4v) is 3.43. The van der Waals surface area contributed by atoms with Gasteiger partial charge in [0.15, 0.2) is 0 Å². The number of H-pyrrole nitrogens is 1. The average Bonchev–Trinajstić information content (AvgIpc) is 3.23. The molecule has 0 radical (unpaired) electrons. The number of piperazine rings is 1. The van der Waals surface area contributed by atoms with Gasteiger partial charge in [-0.2, -0.15) is 5.10 Å². The van der Waals surface area contributed by atoms with Crippen LogP contribution in [0.2, 0.25) is 0 Å². The van der Waals surface area contributed by atoms with E-state index in [0.29, 0.717) is 12.1 Å². The van der Waals surface area contributed by atoms with Crippen molar-refractivity contribution in [3.63, 3.8) is 0 Å². The van der Waals surface area contributed by atoms with Gasteiger partial charge in [-0.3, -0.25) is 14.8 Å². The maximum absolute atomic E-state index is 13.0. The molecule has 1 fully saturated rings. The molecule has 0 spiro atoms. The molecule has 1 amide bonds. The molecule has 0 unspecified atom stereocenters. The van der Waals surface area contributed by atoms with Crippen LogP contribution in [0.5, 0.6) is 0 Å². The second-order valence-electron chi connectivity index (χ2n) is 6.30. The monoisotopic (exact) mass is 330 g/mol. The molecule has 0 aromatic carbocycles. The van der Waals surface area contributed by atoms with E-state index in [1.807, 2.05) is 28.9 Å². The number of imidazole rings is 1. The van der Waals surface area contributed by atoms with Crippen molar-refractivity contribution in [2.45, 2.75) is 32.7 Å². The molecule has 3 heterocycles. The number of aromatic amines is 1. The smallest absolute Gasteiger partial charge is 0.257 e. The van der Waals surface area contributed by atoms with E-state index in [-0.39, 0.29) is 11.9 Å². The van der Waals surface area contributed by atoms with Crippen LogP contribution in [0.4, 0.5) is 0 Å². The van der Waals surface area contributed by atoms with Crippen molar-refractivity contribution in [2.75, 3.05) is 26.2 Å². The first-order valence-corrected chi connectivity index (χ1v) is 8.68. The second-order valence-corrected chi connectivity index (χ2v) is 6.30. The summed E-state index contributed by atoms with van der Waals surface area (Å²) in [6.07, 6.45) is 7.27. The second kappa shape index (κ2) is 7.17. The fourth-order valence-electron chi connectivity index (χ4n) is 3.43. The number of rotatable bonds is 5. The van der Waals surface area contributed by atoms with Crippen LogP contribution in [0, 0.1) is 0 Å². The van der Waals surface area contributed by atoms with E-state index in [1.54, 1.807) is 6.20 Å². The highest BCUT2D eigenvalue weighted by atomic mass is 16.2. The maximum Gasteiger partial charge on any atom is 0.257 e. The Morgan fingerprint density at radius 3 is 2.88 bits per heavy atom. The molecule has 24 heavy (non-hydrogen) atoms. The van der Waals surface area contributed by atoms with Crippen molar-refractivity contribution < 1.29 is 4.79 Å². The quantitative estimate of drug-likeness (QED) is 0.904. The first kappa shape index (κ1) is 16.7. The van der Waals surface area contributed by atoms with Crippen LogP contribution in [0.3, 0.4) is 0 Å². The number of aromatic nitrogens is 4. The van der Waals surface area contributed by atoms with Gasteiger partial charge in [-0.05, 0) is 13.0 Å². The first-order chi connectivity index (χ1) is 11.7. The molecule has 7 heteroatoms. The summed E-state index contributed by atoms with van der Waals surface area (Å²) < 4.78 is 2.04. The Morgan fingerprint density at radius 1 is 1.38 bits per heavy atom. The van der Waals surface area contributed by atoms with Crippen molar-refractivity contribution in [2.24, 2.45) is 7.05 Å². The van der Waals surface area contributed by atoms with E-state index in [9.17, 15) is 4.79 Å². The summed E-state index contributed by atoms with van der Waals surface area (Å²) in [6, 6.07) is 0.134. The summed E-state index contributed by atoms with van der Waals surface area (Å²) in [5.74, 6) is 1.08. The average molecular weight is 330 g/mol. The third kappa shape index (κ3) is 3.08. The van der Waals surface area contributed by atoms with Gasteiger partial charge in [0.2, 0.25) is 0 Å². The SMILES string of the molecule is CCCc1[nH]ncc1C(=O)N1CCN(CC)[C@@H](c2nccn2C)C1. The zero-order valence-electron chi connectivity index (χ0n) is 14.7. The number of aryl methyl sites for hydroxylation is 2. The molecule has 1 aliphatic heterocycles. The van der Waals surface area contributed by atoms with Gasteiger partial charge in [-0.25, -0.2) is 4.98 Å². The summed E-state index contributed by atoms with van der Waals surface area (Å²) in [4.78, 5) is 21.8. The van der Waals surface area contributed by atoms with E-state index in [0.717, 1.165) is 44.0 Å².